The molecule has 0 bridgehead atoms. The molecule has 0 aliphatic heterocycles. The lowest BCUT2D eigenvalue weighted by atomic mass is 9.79. The van der Waals surface area contributed by atoms with Crippen LogP contribution in [0.3, 0.4) is 0 Å². The molecule has 0 rings (SSSR count). The van der Waals surface area contributed by atoms with Gasteiger partial charge < -0.3 is 20.6 Å². The van der Waals surface area contributed by atoms with Crippen molar-refractivity contribution >= 4 is 11.9 Å². The second kappa shape index (κ2) is 10.5. The minimum atomic E-state index is -0.242. The van der Waals surface area contributed by atoms with Gasteiger partial charge in [0.15, 0.2) is 5.96 Å². The summed E-state index contributed by atoms with van der Waals surface area (Å²) in [6.07, 6.45) is 2.69. The van der Waals surface area contributed by atoms with Crippen LogP contribution in [0.2, 0.25) is 0 Å². The normalized spacial score (nSPS) is 12.9. The molecule has 0 atom stereocenters. The molecule has 0 aromatic rings. The van der Waals surface area contributed by atoms with E-state index in [2.05, 4.69) is 24.5 Å². The molecule has 0 heterocycles. The van der Waals surface area contributed by atoms with Crippen molar-refractivity contribution in [1.82, 2.24) is 15.5 Å². The maximum Gasteiger partial charge on any atom is 0.240 e. The van der Waals surface area contributed by atoms with Gasteiger partial charge in [-0.15, -0.1) is 0 Å². The lowest BCUT2D eigenvalue weighted by Gasteiger charge is -2.31. The van der Waals surface area contributed by atoms with Gasteiger partial charge in [0.25, 0.3) is 0 Å². The largest absolute Gasteiger partial charge is 0.396 e. The van der Waals surface area contributed by atoms with Crippen LogP contribution in [0.4, 0.5) is 0 Å². The third-order valence-corrected chi connectivity index (χ3v) is 4.30. The van der Waals surface area contributed by atoms with Crippen LogP contribution < -0.4 is 10.6 Å². The molecular weight excluding hydrogens is 304 g/mol. The van der Waals surface area contributed by atoms with Crippen molar-refractivity contribution < 1.29 is 9.90 Å². The molecule has 3 N–H and O–H groups in total. The molecule has 6 heteroatoms. The van der Waals surface area contributed by atoms with Gasteiger partial charge in [-0.3, -0.25) is 9.79 Å². The monoisotopic (exact) mass is 342 g/mol. The summed E-state index contributed by atoms with van der Waals surface area (Å²) < 4.78 is 0. The highest BCUT2D eigenvalue weighted by atomic mass is 16.3. The highest BCUT2D eigenvalue weighted by Gasteiger charge is 2.26. The number of carbonyl (C=O) groups excluding carboxylic acids is 1. The lowest BCUT2D eigenvalue weighted by Crippen LogP contribution is -2.49. The van der Waals surface area contributed by atoms with Gasteiger partial charge in [0.2, 0.25) is 5.91 Å². The topological polar surface area (TPSA) is 77.0 Å². The molecule has 1 amide bonds. The number of hydrogen-bond acceptors (Lipinski definition) is 3. The van der Waals surface area contributed by atoms with E-state index in [0.29, 0.717) is 6.54 Å². The molecule has 24 heavy (non-hydrogen) atoms. The zero-order chi connectivity index (χ0) is 18.8. The van der Waals surface area contributed by atoms with Gasteiger partial charge in [-0.25, -0.2) is 0 Å². The number of rotatable bonds is 9. The van der Waals surface area contributed by atoms with E-state index in [1.165, 1.54) is 0 Å². The molecule has 0 aliphatic carbocycles. The second-order valence-electron chi connectivity index (χ2n) is 7.51. The Balaban J connectivity index is 5.01. The SMILES string of the molecule is CCNC(=NCC(CC)(CC)CCO)N(C)CC(=O)NC(C)(C)C. The molecule has 0 fully saturated rings. The summed E-state index contributed by atoms with van der Waals surface area (Å²) in [4.78, 5) is 18.7. The summed E-state index contributed by atoms with van der Waals surface area (Å²) in [5.74, 6) is 0.703. The number of guanidine groups is 1. The fourth-order valence-electron chi connectivity index (χ4n) is 2.60. The van der Waals surface area contributed by atoms with Gasteiger partial charge in [-0.1, -0.05) is 13.8 Å². The molecule has 0 saturated carbocycles. The Morgan fingerprint density at radius 1 is 1.17 bits per heavy atom. The predicted molar refractivity (Wildman–Crippen MR) is 101 cm³/mol. The van der Waals surface area contributed by atoms with Crippen molar-refractivity contribution in [1.29, 1.82) is 0 Å². The van der Waals surface area contributed by atoms with E-state index in [9.17, 15) is 9.90 Å². The first kappa shape index (κ1) is 22.7. The maximum atomic E-state index is 12.1. The fraction of sp³-hybridized carbons (Fsp3) is 0.889. The molecule has 0 aromatic heterocycles. The van der Waals surface area contributed by atoms with Crippen LogP contribution in [0.1, 0.15) is 60.8 Å². The fourth-order valence-corrected chi connectivity index (χ4v) is 2.60. The molecule has 0 aliphatic rings. The average Bonchev–Trinajstić information content (AvgIpc) is 2.48. The summed E-state index contributed by atoms with van der Waals surface area (Å²) in [6.45, 7) is 14.0. The van der Waals surface area contributed by atoms with E-state index in [0.717, 1.165) is 31.8 Å². The van der Waals surface area contributed by atoms with Gasteiger partial charge in [-0.2, -0.15) is 0 Å². The third-order valence-electron chi connectivity index (χ3n) is 4.30. The van der Waals surface area contributed by atoms with Crippen molar-refractivity contribution in [3.63, 3.8) is 0 Å². The standard InChI is InChI=1S/C18H38N4O2/c1-8-18(9-2,11-12-23)14-20-16(19-10-3)22(7)13-15(24)21-17(4,5)6/h23H,8-14H2,1-7H3,(H,19,20)(H,21,24). The molecule has 0 spiro atoms. The number of aliphatic hydroxyl groups excluding tert-OH is 1. The van der Waals surface area contributed by atoms with Crippen molar-refractivity contribution in [2.24, 2.45) is 10.4 Å². The molecule has 0 unspecified atom stereocenters. The summed E-state index contributed by atoms with van der Waals surface area (Å²) >= 11 is 0. The number of nitrogens with one attached hydrogen (secondary N) is 2. The quantitative estimate of drug-likeness (QED) is 0.442. The predicted octanol–water partition coefficient (Wildman–Crippen LogP) is 1.99. The first-order valence-electron chi connectivity index (χ1n) is 9.04. The van der Waals surface area contributed by atoms with E-state index in [1.54, 1.807) is 0 Å². The number of aliphatic imine (C=N–C) groups is 1. The van der Waals surface area contributed by atoms with Gasteiger partial charge in [0, 0.05) is 32.3 Å². The number of nitrogens with zero attached hydrogens (tertiary/aromatic N) is 2. The third kappa shape index (κ3) is 8.52. The number of carbonyl (C=O) groups is 1. The summed E-state index contributed by atoms with van der Waals surface area (Å²) in [6, 6.07) is 0. The van der Waals surface area contributed by atoms with Crippen molar-refractivity contribution in [2.75, 3.05) is 33.3 Å². The number of aliphatic hydroxyl groups is 1. The van der Waals surface area contributed by atoms with Crippen LogP contribution in [0.25, 0.3) is 0 Å². The van der Waals surface area contributed by atoms with E-state index in [1.807, 2.05) is 39.6 Å². The Morgan fingerprint density at radius 3 is 2.17 bits per heavy atom. The van der Waals surface area contributed by atoms with Crippen LogP contribution in [-0.4, -0.2) is 60.7 Å². The molecule has 142 valence electrons. The number of likely N-dealkylation sites (N-methyl/N-ethyl adjacent to an activating group) is 1. The van der Waals surface area contributed by atoms with E-state index >= 15 is 0 Å². The van der Waals surface area contributed by atoms with Crippen LogP contribution in [0.15, 0.2) is 4.99 Å². The Morgan fingerprint density at radius 2 is 1.75 bits per heavy atom. The van der Waals surface area contributed by atoms with Crippen LogP contribution in [0, 0.1) is 5.41 Å². The molecular formula is C18H38N4O2. The summed E-state index contributed by atoms with van der Waals surface area (Å²) in [7, 11) is 1.87. The summed E-state index contributed by atoms with van der Waals surface area (Å²) in [5.41, 5.74) is -0.224. The molecule has 0 aromatic carbocycles. The van der Waals surface area contributed by atoms with E-state index < -0.39 is 0 Å². The Labute approximate surface area is 148 Å². The van der Waals surface area contributed by atoms with Crippen molar-refractivity contribution in [3.8, 4) is 0 Å². The molecule has 0 radical (unpaired) electrons. The van der Waals surface area contributed by atoms with Crippen molar-refractivity contribution in [3.05, 3.63) is 0 Å². The highest BCUT2D eigenvalue weighted by Crippen LogP contribution is 2.30. The van der Waals surface area contributed by atoms with Gasteiger partial charge in [0.05, 0.1) is 6.54 Å². The number of hydrogen-bond donors (Lipinski definition) is 3. The van der Waals surface area contributed by atoms with Gasteiger partial charge in [0.1, 0.15) is 0 Å². The minimum absolute atomic E-state index is 0.0178. The van der Waals surface area contributed by atoms with Crippen molar-refractivity contribution in [2.45, 2.75) is 66.3 Å². The average molecular weight is 343 g/mol. The zero-order valence-electron chi connectivity index (χ0n) is 16.7. The van der Waals surface area contributed by atoms with E-state index in [4.69, 9.17) is 4.99 Å². The van der Waals surface area contributed by atoms with E-state index in [-0.39, 0.29) is 30.0 Å². The molecule has 6 nitrogen and oxygen atoms in total. The van der Waals surface area contributed by atoms with Gasteiger partial charge in [-0.05, 0) is 52.4 Å². The zero-order valence-corrected chi connectivity index (χ0v) is 16.7. The highest BCUT2D eigenvalue weighted by molar-refractivity contribution is 5.86. The Kier molecular flexibility index (Phi) is 9.97. The Bertz CT molecular complexity index is 398. The molecule has 0 saturated heterocycles. The van der Waals surface area contributed by atoms with Crippen LogP contribution >= 0.6 is 0 Å². The first-order valence-corrected chi connectivity index (χ1v) is 9.04. The minimum Gasteiger partial charge on any atom is -0.396 e. The smallest absolute Gasteiger partial charge is 0.240 e. The van der Waals surface area contributed by atoms with Gasteiger partial charge >= 0.3 is 0 Å². The first-order chi connectivity index (χ1) is 11.1. The lowest BCUT2D eigenvalue weighted by molar-refractivity contribution is -0.122. The second-order valence-corrected chi connectivity index (χ2v) is 7.51. The summed E-state index contributed by atoms with van der Waals surface area (Å²) in [5, 5.41) is 15.6. The maximum absolute atomic E-state index is 12.1. The van der Waals surface area contributed by atoms with Crippen LogP contribution in [0.5, 0.6) is 0 Å². The van der Waals surface area contributed by atoms with Crippen LogP contribution in [-0.2, 0) is 4.79 Å². The number of amides is 1. The Hall–Kier alpha value is -1.30.